The molecule has 0 amide bonds. The van der Waals surface area contributed by atoms with Gasteiger partial charge in [0.1, 0.15) is 16.9 Å². The van der Waals surface area contributed by atoms with Gasteiger partial charge < -0.3 is 4.74 Å². The highest BCUT2D eigenvalue weighted by Gasteiger charge is 2.56. The molecule has 2 aliphatic rings. The van der Waals surface area contributed by atoms with Crippen molar-refractivity contribution in [1.82, 2.24) is 0 Å². The highest BCUT2D eigenvalue weighted by molar-refractivity contribution is 6.09. The molecule has 0 N–H and O–H groups in total. The third-order valence-corrected chi connectivity index (χ3v) is 6.62. The summed E-state index contributed by atoms with van der Waals surface area (Å²) in [5, 5.41) is 0. The van der Waals surface area contributed by atoms with E-state index in [1.54, 1.807) is 6.92 Å². The normalized spacial score (nSPS) is 16.6. The van der Waals surface area contributed by atoms with Crippen LogP contribution in [0.2, 0.25) is 0 Å². The molecule has 4 aromatic rings. The average molecular weight is 427 g/mol. The zero-order chi connectivity index (χ0) is 22.4. The van der Waals surface area contributed by atoms with Gasteiger partial charge in [0.05, 0.1) is 5.57 Å². The number of ether oxygens (including phenoxy) is 1. The van der Waals surface area contributed by atoms with Crippen LogP contribution in [0.1, 0.15) is 29.2 Å². The summed E-state index contributed by atoms with van der Waals surface area (Å²) in [5.41, 5.74) is 6.29. The second-order valence-corrected chi connectivity index (χ2v) is 8.49. The predicted octanol–water partition coefficient (Wildman–Crippen LogP) is 7.02. The maximum atomic E-state index is 13.4. The van der Waals surface area contributed by atoms with Gasteiger partial charge in [-0.1, -0.05) is 109 Å². The van der Waals surface area contributed by atoms with Crippen molar-refractivity contribution in [2.24, 2.45) is 0 Å². The lowest BCUT2D eigenvalue weighted by Crippen LogP contribution is -2.30. The van der Waals surface area contributed by atoms with Gasteiger partial charge in [0.25, 0.3) is 0 Å². The number of hydrogen-bond acceptors (Lipinski definition) is 2. The van der Waals surface area contributed by atoms with Gasteiger partial charge >= 0.3 is 0 Å². The molecule has 33 heavy (non-hydrogen) atoms. The van der Waals surface area contributed by atoms with Crippen LogP contribution in [0.5, 0.6) is 0 Å². The Hall–Kier alpha value is -4.17. The van der Waals surface area contributed by atoms with Crippen molar-refractivity contribution < 1.29 is 9.53 Å². The Labute approximate surface area is 193 Å². The van der Waals surface area contributed by atoms with Crippen molar-refractivity contribution in [3.63, 3.8) is 0 Å². The molecule has 1 aliphatic heterocycles. The van der Waals surface area contributed by atoms with E-state index in [0.717, 1.165) is 39.1 Å². The maximum absolute atomic E-state index is 13.4. The molecule has 0 bridgehead atoms. The molecular weight excluding hydrogens is 404 g/mol. The van der Waals surface area contributed by atoms with Gasteiger partial charge in [0, 0.05) is 5.56 Å². The Morgan fingerprint density at radius 1 is 0.697 bits per heavy atom. The molecule has 1 spiro atoms. The summed E-state index contributed by atoms with van der Waals surface area (Å²) in [6.07, 6.45) is 2.08. The van der Waals surface area contributed by atoms with Gasteiger partial charge in [0.15, 0.2) is 5.78 Å². The summed E-state index contributed by atoms with van der Waals surface area (Å²) in [4.78, 5) is 13.4. The lowest BCUT2D eigenvalue weighted by atomic mass is 9.69. The van der Waals surface area contributed by atoms with Crippen LogP contribution in [-0.4, -0.2) is 5.78 Å². The van der Waals surface area contributed by atoms with Crippen LogP contribution in [0.15, 0.2) is 121 Å². The van der Waals surface area contributed by atoms with Gasteiger partial charge in [-0.3, -0.25) is 4.79 Å². The maximum Gasteiger partial charge on any atom is 0.161 e. The number of carbonyl (C=O) groups excluding carboxylic acids is 1. The highest BCUT2D eigenvalue weighted by Crippen LogP contribution is 2.62. The fourth-order valence-corrected chi connectivity index (χ4v) is 5.36. The molecular formula is C31H22O2. The number of Topliss-reactive ketones (excluding diaryl/α,β-unsaturated/α-hetero) is 1. The molecule has 4 aromatic carbocycles. The predicted molar refractivity (Wildman–Crippen MR) is 132 cm³/mol. The molecule has 6 rings (SSSR count). The molecule has 0 fully saturated rings. The number of fused-ring (bicyclic) bond motifs is 5. The van der Waals surface area contributed by atoms with E-state index in [-0.39, 0.29) is 5.78 Å². The van der Waals surface area contributed by atoms with Crippen molar-refractivity contribution in [3.8, 4) is 11.1 Å². The van der Waals surface area contributed by atoms with E-state index in [1.165, 1.54) is 0 Å². The minimum atomic E-state index is -0.792. The van der Waals surface area contributed by atoms with E-state index in [9.17, 15) is 4.79 Å². The zero-order valence-corrected chi connectivity index (χ0v) is 18.3. The first-order valence-electron chi connectivity index (χ1n) is 11.2. The van der Waals surface area contributed by atoms with Crippen molar-refractivity contribution in [3.05, 3.63) is 143 Å². The van der Waals surface area contributed by atoms with Crippen LogP contribution in [0, 0.1) is 0 Å². The number of allylic oxidation sites excluding steroid dienone is 1. The molecule has 0 saturated carbocycles. The number of ketones is 1. The van der Waals surface area contributed by atoms with E-state index in [0.29, 0.717) is 11.3 Å². The Bertz CT molecular complexity index is 1400. The van der Waals surface area contributed by atoms with Crippen LogP contribution in [0.3, 0.4) is 0 Å². The first-order chi connectivity index (χ1) is 16.2. The van der Waals surface area contributed by atoms with Crippen LogP contribution in [0.4, 0.5) is 0 Å². The molecule has 0 aromatic heterocycles. The van der Waals surface area contributed by atoms with Crippen molar-refractivity contribution in [1.29, 1.82) is 0 Å². The Balaban J connectivity index is 1.76. The van der Waals surface area contributed by atoms with E-state index in [2.05, 4.69) is 54.6 Å². The molecule has 0 radical (unpaired) electrons. The Morgan fingerprint density at radius 2 is 1.21 bits per heavy atom. The summed E-state index contributed by atoms with van der Waals surface area (Å²) in [7, 11) is 0. The lowest BCUT2D eigenvalue weighted by Gasteiger charge is -2.29. The Kier molecular flexibility index (Phi) is 4.41. The van der Waals surface area contributed by atoms with Crippen molar-refractivity contribution in [2.45, 2.75) is 12.3 Å². The number of rotatable bonds is 3. The van der Waals surface area contributed by atoms with Crippen LogP contribution in [-0.2, 0) is 14.9 Å². The standard InChI is InChI=1S/C31H22O2/c1-21(32)29-30(23-14-6-3-7-15-23)33-28(20-22-12-4-2-5-13-22)31(29)26-18-10-8-16-24(26)25-17-9-11-19-27(25)31/h2-20H,1H3/b28-20-. The third kappa shape index (κ3) is 2.77. The smallest absolute Gasteiger partial charge is 0.161 e. The second-order valence-electron chi connectivity index (χ2n) is 8.49. The number of carbonyl (C=O) groups is 1. The highest BCUT2D eigenvalue weighted by atomic mass is 16.5. The fourth-order valence-electron chi connectivity index (χ4n) is 5.36. The lowest BCUT2D eigenvalue weighted by molar-refractivity contribution is -0.113. The summed E-state index contributed by atoms with van der Waals surface area (Å²) >= 11 is 0. The van der Waals surface area contributed by atoms with Gasteiger partial charge in [-0.05, 0) is 40.8 Å². The van der Waals surface area contributed by atoms with E-state index in [4.69, 9.17) is 4.74 Å². The topological polar surface area (TPSA) is 26.3 Å². The van der Waals surface area contributed by atoms with Gasteiger partial charge in [0.2, 0.25) is 0 Å². The van der Waals surface area contributed by atoms with Crippen molar-refractivity contribution >= 4 is 17.6 Å². The second kappa shape index (κ2) is 7.46. The average Bonchev–Trinajstić information content (AvgIpc) is 3.35. The van der Waals surface area contributed by atoms with Crippen LogP contribution < -0.4 is 0 Å². The summed E-state index contributed by atoms with van der Waals surface area (Å²) in [6.45, 7) is 1.65. The number of hydrogen-bond donors (Lipinski definition) is 0. The van der Waals surface area contributed by atoms with E-state index in [1.807, 2.05) is 60.7 Å². The summed E-state index contributed by atoms with van der Waals surface area (Å²) in [5.74, 6) is 1.41. The fraction of sp³-hybridized carbons (Fsp3) is 0.0645. The Morgan fingerprint density at radius 3 is 1.79 bits per heavy atom. The molecule has 1 heterocycles. The van der Waals surface area contributed by atoms with E-state index >= 15 is 0 Å². The minimum absolute atomic E-state index is 0.0109. The van der Waals surface area contributed by atoms with Crippen LogP contribution in [0.25, 0.3) is 23.0 Å². The largest absolute Gasteiger partial charge is 0.459 e. The zero-order valence-electron chi connectivity index (χ0n) is 18.3. The SMILES string of the molecule is CC(=O)C1=C(c2ccccc2)O/C(=C\c2ccccc2)C12c1ccccc1-c1ccccc12. The molecule has 2 nitrogen and oxygen atoms in total. The molecule has 0 saturated heterocycles. The van der Waals surface area contributed by atoms with E-state index < -0.39 is 5.41 Å². The molecule has 0 unspecified atom stereocenters. The first kappa shape index (κ1) is 19.5. The third-order valence-electron chi connectivity index (χ3n) is 6.62. The molecule has 0 atom stereocenters. The molecule has 158 valence electrons. The van der Waals surface area contributed by atoms with Gasteiger partial charge in [-0.2, -0.15) is 0 Å². The quantitative estimate of drug-likeness (QED) is 0.352. The van der Waals surface area contributed by atoms with Gasteiger partial charge in [-0.15, -0.1) is 0 Å². The van der Waals surface area contributed by atoms with Gasteiger partial charge in [-0.25, -0.2) is 0 Å². The van der Waals surface area contributed by atoms with Crippen LogP contribution >= 0.6 is 0 Å². The molecule has 2 heteroatoms. The first-order valence-corrected chi connectivity index (χ1v) is 11.2. The monoisotopic (exact) mass is 426 g/mol. The number of benzene rings is 4. The summed E-state index contributed by atoms with van der Waals surface area (Å²) < 4.78 is 6.70. The summed E-state index contributed by atoms with van der Waals surface area (Å²) in [6, 6.07) is 36.8. The molecule has 1 aliphatic carbocycles. The minimum Gasteiger partial charge on any atom is -0.459 e. The van der Waals surface area contributed by atoms with Crippen molar-refractivity contribution in [2.75, 3.05) is 0 Å².